The molecule has 1 aromatic rings. The predicted octanol–water partition coefficient (Wildman–Crippen LogP) is 2.02. The van der Waals surface area contributed by atoms with E-state index in [4.69, 9.17) is 5.73 Å². The molecule has 1 saturated carbocycles. The molecule has 1 fully saturated rings. The summed E-state index contributed by atoms with van der Waals surface area (Å²) in [7, 11) is 0. The van der Waals surface area contributed by atoms with Crippen LogP contribution in [0.5, 0.6) is 0 Å². The van der Waals surface area contributed by atoms with Crippen LogP contribution in [0.1, 0.15) is 31.1 Å². The summed E-state index contributed by atoms with van der Waals surface area (Å²) in [5.41, 5.74) is 5.69. The van der Waals surface area contributed by atoms with E-state index in [2.05, 4.69) is 17.2 Å². The molecule has 5 heteroatoms. The Morgan fingerprint density at radius 2 is 2.47 bits per heavy atom. The van der Waals surface area contributed by atoms with Crippen LogP contribution in [-0.2, 0) is 11.2 Å². The van der Waals surface area contributed by atoms with Gasteiger partial charge in [-0.2, -0.15) is 0 Å². The number of anilines is 1. The molecule has 0 radical (unpaired) electrons. The quantitative estimate of drug-likeness (QED) is 0.862. The average molecular weight is 253 g/mol. The molecular formula is C12H19N3OS. The zero-order chi connectivity index (χ0) is 12.3. The molecule has 0 bridgehead atoms. The third-order valence-electron chi connectivity index (χ3n) is 3.43. The first-order valence-corrected chi connectivity index (χ1v) is 7.02. The fourth-order valence-corrected chi connectivity index (χ4v) is 3.15. The SMILES string of the molecule is CCc1cnc(NC(=O)[C@@H]2CCC[C@@H]2CN)s1. The number of aryl methyl sites for hydroxylation is 1. The Morgan fingerprint density at radius 3 is 3.12 bits per heavy atom. The van der Waals surface area contributed by atoms with Crippen molar-refractivity contribution >= 4 is 22.4 Å². The Morgan fingerprint density at radius 1 is 1.65 bits per heavy atom. The molecule has 4 nitrogen and oxygen atoms in total. The van der Waals surface area contributed by atoms with Gasteiger partial charge in [0.15, 0.2) is 5.13 Å². The molecule has 0 aliphatic heterocycles. The molecule has 0 aromatic carbocycles. The molecule has 2 atom stereocenters. The van der Waals surface area contributed by atoms with Crippen LogP contribution in [0, 0.1) is 11.8 Å². The molecule has 1 aromatic heterocycles. The van der Waals surface area contributed by atoms with E-state index >= 15 is 0 Å². The fourth-order valence-electron chi connectivity index (χ4n) is 2.39. The van der Waals surface area contributed by atoms with Gasteiger partial charge in [-0.3, -0.25) is 4.79 Å². The lowest BCUT2D eigenvalue weighted by Gasteiger charge is -2.16. The van der Waals surface area contributed by atoms with Crippen LogP contribution in [0.3, 0.4) is 0 Å². The Balaban J connectivity index is 1.96. The van der Waals surface area contributed by atoms with Crippen LogP contribution < -0.4 is 11.1 Å². The van der Waals surface area contributed by atoms with Crippen LogP contribution in [0.2, 0.25) is 0 Å². The minimum absolute atomic E-state index is 0.0778. The zero-order valence-corrected chi connectivity index (χ0v) is 10.9. The van der Waals surface area contributed by atoms with Gasteiger partial charge in [-0.05, 0) is 31.7 Å². The summed E-state index contributed by atoms with van der Waals surface area (Å²) in [5.74, 6) is 0.518. The number of hydrogen-bond donors (Lipinski definition) is 2. The van der Waals surface area contributed by atoms with Gasteiger partial charge in [-0.25, -0.2) is 4.98 Å². The Bertz CT molecular complexity index is 391. The van der Waals surface area contributed by atoms with E-state index in [-0.39, 0.29) is 11.8 Å². The zero-order valence-electron chi connectivity index (χ0n) is 10.1. The number of nitrogens with two attached hydrogens (primary N) is 1. The summed E-state index contributed by atoms with van der Waals surface area (Å²) in [5, 5.41) is 3.63. The monoisotopic (exact) mass is 253 g/mol. The Hall–Kier alpha value is -0.940. The maximum Gasteiger partial charge on any atom is 0.229 e. The summed E-state index contributed by atoms with van der Waals surface area (Å²) >= 11 is 1.55. The first kappa shape index (κ1) is 12.5. The van der Waals surface area contributed by atoms with Gasteiger partial charge >= 0.3 is 0 Å². The summed E-state index contributed by atoms with van der Waals surface area (Å²) in [6, 6.07) is 0. The lowest BCUT2D eigenvalue weighted by Crippen LogP contribution is -2.29. The van der Waals surface area contributed by atoms with Gasteiger partial charge in [0.2, 0.25) is 5.91 Å². The lowest BCUT2D eigenvalue weighted by molar-refractivity contribution is -0.120. The highest BCUT2D eigenvalue weighted by Crippen LogP contribution is 2.32. The van der Waals surface area contributed by atoms with Crippen LogP contribution in [-0.4, -0.2) is 17.4 Å². The van der Waals surface area contributed by atoms with Gasteiger partial charge in [0.05, 0.1) is 0 Å². The first-order chi connectivity index (χ1) is 8.24. The van der Waals surface area contributed by atoms with E-state index < -0.39 is 0 Å². The Kier molecular flexibility index (Phi) is 4.12. The summed E-state index contributed by atoms with van der Waals surface area (Å²) in [6.07, 6.45) is 5.93. The second-order valence-electron chi connectivity index (χ2n) is 4.51. The van der Waals surface area contributed by atoms with Crippen molar-refractivity contribution in [2.24, 2.45) is 17.6 Å². The van der Waals surface area contributed by atoms with Gasteiger partial charge in [-0.1, -0.05) is 13.3 Å². The lowest BCUT2D eigenvalue weighted by atomic mass is 9.95. The normalized spacial score (nSPS) is 23.9. The number of carbonyl (C=O) groups is 1. The van der Waals surface area contributed by atoms with Crippen molar-refractivity contribution in [1.29, 1.82) is 0 Å². The number of rotatable bonds is 4. The minimum Gasteiger partial charge on any atom is -0.330 e. The van der Waals surface area contributed by atoms with Gasteiger partial charge in [0.1, 0.15) is 0 Å². The van der Waals surface area contributed by atoms with Crippen molar-refractivity contribution in [1.82, 2.24) is 4.98 Å². The minimum atomic E-state index is 0.0778. The maximum absolute atomic E-state index is 12.1. The van der Waals surface area contributed by atoms with Gasteiger partial charge < -0.3 is 11.1 Å². The van der Waals surface area contributed by atoms with Gasteiger partial charge in [0.25, 0.3) is 0 Å². The number of nitrogens with one attached hydrogen (secondary N) is 1. The molecular weight excluding hydrogens is 234 g/mol. The smallest absolute Gasteiger partial charge is 0.229 e. The predicted molar refractivity (Wildman–Crippen MR) is 70.0 cm³/mol. The number of carbonyl (C=O) groups excluding carboxylic acids is 1. The van der Waals surface area contributed by atoms with E-state index in [1.165, 1.54) is 4.88 Å². The summed E-state index contributed by atoms with van der Waals surface area (Å²) < 4.78 is 0. The van der Waals surface area contributed by atoms with E-state index in [0.717, 1.165) is 30.8 Å². The third-order valence-corrected chi connectivity index (χ3v) is 4.49. The molecule has 1 aliphatic rings. The first-order valence-electron chi connectivity index (χ1n) is 6.20. The van der Waals surface area contributed by atoms with Gasteiger partial charge in [0, 0.05) is 17.0 Å². The van der Waals surface area contributed by atoms with Crippen LogP contribution >= 0.6 is 11.3 Å². The molecule has 1 heterocycles. The molecule has 0 saturated heterocycles. The van der Waals surface area contributed by atoms with Crippen LogP contribution in [0.15, 0.2) is 6.20 Å². The number of nitrogens with zero attached hydrogens (tertiary/aromatic N) is 1. The second-order valence-corrected chi connectivity index (χ2v) is 5.62. The molecule has 3 N–H and O–H groups in total. The number of hydrogen-bond acceptors (Lipinski definition) is 4. The second kappa shape index (κ2) is 5.60. The maximum atomic E-state index is 12.1. The highest BCUT2D eigenvalue weighted by Gasteiger charge is 2.32. The summed E-state index contributed by atoms with van der Waals surface area (Å²) in [4.78, 5) is 17.5. The Labute approximate surface area is 106 Å². The fraction of sp³-hybridized carbons (Fsp3) is 0.667. The number of amides is 1. The average Bonchev–Trinajstić information content (AvgIpc) is 2.96. The highest BCUT2D eigenvalue weighted by atomic mass is 32.1. The molecule has 0 spiro atoms. The molecule has 2 rings (SSSR count). The van der Waals surface area contributed by atoms with Crippen molar-refractivity contribution in [2.45, 2.75) is 32.6 Å². The molecule has 1 amide bonds. The van der Waals surface area contributed by atoms with E-state index in [9.17, 15) is 4.79 Å². The number of thiazole rings is 1. The standard InChI is InChI=1S/C12H19N3OS/c1-2-9-7-14-12(17-9)15-11(16)10-5-3-4-8(10)6-13/h7-8,10H,2-6,13H2,1H3,(H,14,15,16)/t8-,10-/m1/s1. The molecule has 1 aliphatic carbocycles. The topological polar surface area (TPSA) is 68.0 Å². The van der Waals surface area contributed by atoms with E-state index in [1.54, 1.807) is 11.3 Å². The van der Waals surface area contributed by atoms with Crippen molar-refractivity contribution in [3.63, 3.8) is 0 Å². The van der Waals surface area contributed by atoms with Crippen molar-refractivity contribution in [2.75, 3.05) is 11.9 Å². The van der Waals surface area contributed by atoms with Crippen molar-refractivity contribution in [3.8, 4) is 0 Å². The summed E-state index contributed by atoms with van der Waals surface area (Å²) in [6.45, 7) is 2.69. The number of aromatic nitrogens is 1. The van der Waals surface area contributed by atoms with Gasteiger partial charge in [-0.15, -0.1) is 11.3 Å². The highest BCUT2D eigenvalue weighted by molar-refractivity contribution is 7.15. The largest absolute Gasteiger partial charge is 0.330 e. The van der Waals surface area contributed by atoms with Crippen molar-refractivity contribution < 1.29 is 4.79 Å². The van der Waals surface area contributed by atoms with E-state index in [0.29, 0.717) is 12.5 Å². The van der Waals surface area contributed by atoms with E-state index in [1.807, 2.05) is 6.20 Å². The molecule has 17 heavy (non-hydrogen) atoms. The van der Waals surface area contributed by atoms with Crippen LogP contribution in [0.25, 0.3) is 0 Å². The van der Waals surface area contributed by atoms with Crippen LogP contribution in [0.4, 0.5) is 5.13 Å². The van der Waals surface area contributed by atoms with Crippen molar-refractivity contribution in [3.05, 3.63) is 11.1 Å². The third kappa shape index (κ3) is 2.84. The molecule has 94 valence electrons. The molecule has 0 unspecified atom stereocenters.